The minimum atomic E-state index is 0.212. The molecule has 3 nitrogen and oxygen atoms in total. The fourth-order valence-corrected chi connectivity index (χ4v) is 2.38. The van der Waals surface area contributed by atoms with Crippen LogP contribution in [0, 0.1) is 0 Å². The van der Waals surface area contributed by atoms with Crippen LogP contribution >= 0.6 is 11.6 Å². The summed E-state index contributed by atoms with van der Waals surface area (Å²) < 4.78 is 0. The molecule has 0 amide bonds. The van der Waals surface area contributed by atoms with Crippen molar-refractivity contribution in [2.24, 2.45) is 4.99 Å². The highest BCUT2D eigenvalue weighted by atomic mass is 35.5. The maximum absolute atomic E-state index is 6.21. The molecule has 0 aromatic carbocycles. The number of aromatic nitrogens is 1. The van der Waals surface area contributed by atoms with Gasteiger partial charge in [-0.25, -0.2) is 0 Å². The predicted molar refractivity (Wildman–Crippen MR) is 79.4 cm³/mol. The number of rotatable bonds is 2. The molecular formula is C15H14ClN3. The summed E-state index contributed by atoms with van der Waals surface area (Å²) in [6.45, 7) is 0.858. The van der Waals surface area contributed by atoms with Crippen molar-refractivity contribution < 1.29 is 0 Å². The van der Waals surface area contributed by atoms with Crippen LogP contribution in [0.4, 0.5) is 0 Å². The smallest absolute Gasteiger partial charge is 0.0734 e. The molecule has 0 radical (unpaired) electrons. The van der Waals surface area contributed by atoms with Crippen molar-refractivity contribution in [2.75, 3.05) is 6.54 Å². The van der Waals surface area contributed by atoms with Gasteiger partial charge in [0.15, 0.2) is 0 Å². The first-order valence-electron chi connectivity index (χ1n) is 6.29. The monoisotopic (exact) mass is 271 g/mol. The van der Waals surface area contributed by atoms with E-state index in [4.69, 9.17) is 16.6 Å². The van der Waals surface area contributed by atoms with Crippen molar-refractivity contribution >= 4 is 23.4 Å². The van der Waals surface area contributed by atoms with Gasteiger partial charge in [-0.2, -0.15) is 0 Å². The highest BCUT2D eigenvalue weighted by Crippen LogP contribution is 2.26. The third-order valence-electron chi connectivity index (χ3n) is 3.12. The van der Waals surface area contributed by atoms with E-state index in [0.717, 1.165) is 29.9 Å². The van der Waals surface area contributed by atoms with Crippen molar-refractivity contribution in [1.29, 1.82) is 0 Å². The maximum Gasteiger partial charge on any atom is 0.0734 e. The van der Waals surface area contributed by atoms with Crippen molar-refractivity contribution in [3.63, 3.8) is 0 Å². The van der Waals surface area contributed by atoms with E-state index < -0.39 is 0 Å². The third-order valence-corrected chi connectivity index (χ3v) is 3.34. The molecule has 3 rings (SSSR count). The van der Waals surface area contributed by atoms with E-state index in [9.17, 15) is 0 Å². The minimum Gasteiger partial charge on any atom is -0.387 e. The Labute approximate surface area is 117 Å². The third kappa shape index (κ3) is 2.76. The molecule has 3 heterocycles. The fourth-order valence-electron chi connectivity index (χ4n) is 2.17. The van der Waals surface area contributed by atoms with Crippen molar-refractivity contribution in [1.82, 2.24) is 10.3 Å². The van der Waals surface area contributed by atoms with Gasteiger partial charge in [-0.3, -0.25) is 9.98 Å². The molecule has 1 unspecified atom stereocenters. The largest absolute Gasteiger partial charge is 0.387 e. The zero-order chi connectivity index (χ0) is 13.1. The molecule has 4 heteroatoms. The number of pyridine rings is 1. The number of hydrogen-bond acceptors (Lipinski definition) is 3. The Morgan fingerprint density at radius 1 is 1.26 bits per heavy atom. The Morgan fingerprint density at radius 3 is 2.95 bits per heavy atom. The van der Waals surface area contributed by atoms with Gasteiger partial charge in [0.25, 0.3) is 0 Å². The van der Waals surface area contributed by atoms with Crippen LogP contribution in [-0.2, 0) is 0 Å². The Balaban J connectivity index is 1.96. The van der Waals surface area contributed by atoms with Crippen molar-refractivity contribution in [3.05, 3.63) is 59.2 Å². The number of allylic oxidation sites excluding steroid dienone is 3. The summed E-state index contributed by atoms with van der Waals surface area (Å²) in [5.74, 6) is 0.212. The van der Waals surface area contributed by atoms with E-state index in [-0.39, 0.29) is 5.92 Å². The van der Waals surface area contributed by atoms with Gasteiger partial charge in [-0.15, -0.1) is 0 Å². The summed E-state index contributed by atoms with van der Waals surface area (Å²) in [6.07, 6.45) is 12.8. The summed E-state index contributed by atoms with van der Waals surface area (Å²) in [4.78, 5) is 8.89. The quantitative estimate of drug-likeness (QED) is 0.896. The molecule has 2 aliphatic rings. The van der Waals surface area contributed by atoms with E-state index in [1.807, 2.05) is 36.8 Å². The summed E-state index contributed by atoms with van der Waals surface area (Å²) in [5.41, 5.74) is 2.92. The van der Waals surface area contributed by atoms with Gasteiger partial charge in [0, 0.05) is 41.7 Å². The van der Waals surface area contributed by atoms with Gasteiger partial charge in [-0.05, 0) is 18.6 Å². The molecule has 0 spiro atoms. The summed E-state index contributed by atoms with van der Waals surface area (Å²) >= 11 is 6.21. The second-order valence-electron chi connectivity index (χ2n) is 4.53. The first kappa shape index (κ1) is 12.2. The lowest BCUT2D eigenvalue weighted by Gasteiger charge is -2.15. The van der Waals surface area contributed by atoms with E-state index >= 15 is 0 Å². The second kappa shape index (κ2) is 5.41. The molecule has 0 bridgehead atoms. The molecule has 1 aromatic heterocycles. The molecule has 1 aromatic rings. The summed E-state index contributed by atoms with van der Waals surface area (Å²) in [7, 11) is 0. The van der Waals surface area contributed by atoms with Crippen LogP contribution in [0.2, 0.25) is 5.02 Å². The number of hydrogen-bond donors (Lipinski definition) is 1. The SMILES string of the molecule is Clc1cc(C2=CNCC=C2)nc(C2C=NC=CC2)c1. The van der Waals surface area contributed by atoms with E-state index in [2.05, 4.69) is 22.5 Å². The van der Waals surface area contributed by atoms with Gasteiger partial charge in [0.1, 0.15) is 0 Å². The second-order valence-corrected chi connectivity index (χ2v) is 4.97. The number of aliphatic imine (C=N–C) groups is 1. The normalized spacial score (nSPS) is 21.1. The molecular weight excluding hydrogens is 258 g/mol. The molecule has 96 valence electrons. The van der Waals surface area contributed by atoms with E-state index in [1.165, 1.54) is 0 Å². The number of nitrogens with one attached hydrogen (secondary N) is 1. The van der Waals surface area contributed by atoms with Gasteiger partial charge in [0.2, 0.25) is 0 Å². The van der Waals surface area contributed by atoms with E-state index in [0.29, 0.717) is 5.02 Å². The van der Waals surface area contributed by atoms with E-state index in [1.54, 1.807) is 0 Å². The lowest BCUT2D eigenvalue weighted by Crippen LogP contribution is -2.10. The first-order chi connectivity index (χ1) is 9.33. The summed E-state index contributed by atoms with van der Waals surface area (Å²) in [6, 6.07) is 3.81. The van der Waals surface area contributed by atoms with Crippen molar-refractivity contribution in [3.8, 4) is 0 Å². The summed E-state index contributed by atoms with van der Waals surface area (Å²) in [5, 5.41) is 3.89. The van der Waals surface area contributed by atoms with Gasteiger partial charge in [0.05, 0.1) is 11.4 Å². The van der Waals surface area contributed by atoms with Crippen LogP contribution in [0.25, 0.3) is 5.57 Å². The zero-order valence-corrected chi connectivity index (χ0v) is 11.1. The molecule has 0 fully saturated rings. The fraction of sp³-hybridized carbons (Fsp3) is 0.200. The van der Waals surface area contributed by atoms with Crippen LogP contribution < -0.4 is 5.32 Å². The van der Waals surface area contributed by atoms with Crippen LogP contribution in [0.3, 0.4) is 0 Å². The van der Waals surface area contributed by atoms with Crippen molar-refractivity contribution in [2.45, 2.75) is 12.3 Å². The van der Waals surface area contributed by atoms with Crippen LogP contribution in [-0.4, -0.2) is 17.7 Å². The molecule has 19 heavy (non-hydrogen) atoms. The average Bonchev–Trinajstić information content (AvgIpc) is 2.48. The first-order valence-corrected chi connectivity index (χ1v) is 6.67. The topological polar surface area (TPSA) is 37.3 Å². The van der Waals surface area contributed by atoms with Crippen LogP contribution in [0.1, 0.15) is 23.7 Å². The number of dihydropyridines is 1. The molecule has 1 N–H and O–H groups in total. The lowest BCUT2D eigenvalue weighted by atomic mass is 10.00. The molecule has 1 atom stereocenters. The molecule has 0 saturated carbocycles. The molecule has 0 aliphatic carbocycles. The number of nitrogens with zero attached hydrogens (tertiary/aromatic N) is 2. The highest BCUT2D eigenvalue weighted by Gasteiger charge is 2.14. The predicted octanol–water partition coefficient (Wildman–Crippen LogP) is 3.31. The minimum absolute atomic E-state index is 0.212. The Hall–Kier alpha value is -1.87. The van der Waals surface area contributed by atoms with Gasteiger partial charge in [-0.1, -0.05) is 29.8 Å². The Morgan fingerprint density at radius 2 is 2.21 bits per heavy atom. The zero-order valence-electron chi connectivity index (χ0n) is 10.4. The van der Waals surface area contributed by atoms with Crippen LogP contribution in [0.15, 0.2) is 47.8 Å². The lowest BCUT2D eigenvalue weighted by molar-refractivity contribution is 0.862. The van der Waals surface area contributed by atoms with Gasteiger partial charge < -0.3 is 5.32 Å². The standard InChI is InChI=1S/C15H14ClN3/c16-13-7-14(11-3-1-5-17-9-11)19-15(8-13)12-4-2-6-18-10-12/h1-3,6-10,12,17H,4-5H2. The van der Waals surface area contributed by atoms with Gasteiger partial charge >= 0.3 is 0 Å². The molecule has 2 aliphatic heterocycles. The van der Waals surface area contributed by atoms with Crippen LogP contribution in [0.5, 0.6) is 0 Å². The Bertz CT molecular complexity index is 599. The molecule has 0 saturated heterocycles. The number of halogens is 1. The average molecular weight is 272 g/mol. The highest BCUT2D eigenvalue weighted by molar-refractivity contribution is 6.30. The Kier molecular flexibility index (Phi) is 3.47. The maximum atomic E-state index is 6.21.